The highest BCUT2D eigenvalue weighted by molar-refractivity contribution is 6.78. The maximum Gasteiger partial charge on any atom is 0.155 e. The van der Waals surface area contributed by atoms with Crippen molar-refractivity contribution in [1.82, 2.24) is 0 Å². The van der Waals surface area contributed by atoms with Gasteiger partial charge in [0.1, 0.15) is 6.61 Å². The van der Waals surface area contributed by atoms with Crippen LogP contribution in [-0.2, 0) is 9.53 Å². The molecule has 0 aliphatic rings. The van der Waals surface area contributed by atoms with Gasteiger partial charge >= 0.3 is 0 Å². The largest absolute Gasteiger partial charge is 0.374 e. The van der Waals surface area contributed by atoms with Gasteiger partial charge in [-0.15, -0.1) is 0 Å². The third-order valence-corrected chi connectivity index (χ3v) is 4.01. The fourth-order valence-corrected chi connectivity index (χ4v) is 3.04. The van der Waals surface area contributed by atoms with Gasteiger partial charge in [0.15, 0.2) is 5.78 Å². The second-order valence-electron chi connectivity index (χ2n) is 6.06. The lowest BCUT2D eigenvalue weighted by Crippen LogP contribution is -2.26. The molecule has 0 spiro atoms. The number of unbranched alkanes of at least 4 members (excludes halogenated alkanes) is 3. The zero-order valence-electron chi connectivity index (χ0n) is 12.6. The Balaban J connectivity index is 3.30. The van der Waals surface area contributed by atoms with Crippen molar-refractivity contribution in [3.05, 3.63) is 12.2 Å². The Kier molecular flexibility index (Phi) is 10.3. The van der Waals surface area contributed by atoms with E-state index in [4.69, 9.17) is 4.74 Å². The van der Waals surface area contributed by atoms with E-state index in [1.807, 2.05) is 0 Å². The van der Waals surface area contributed by atoms with Gasteiger partial charge in [-0.1, -0.05) is 45.1 Å². The van der Waals surface area contributed by atoms with E-state index in [0.29, 0.717) is 6.61 Å². The van der Waals surface area contributed by atoms with Crippen molar-refractivity contribution in [3.8, 4) is 0 Å². The van der Waals surface area contributed by atoms with Crippen LogP contribution in [0.1, 0.15) is 39.0 Å². The summed E-state index contributed by atoms with van der Waals surface area (Å²) in [5.74, 6) is 0.278. The van der Waals surface area contributed by atoms with Gasteiger partial charge in [-0.05, 0) is 25.7 Å². The molecule has 0 aromatic carbocycles. The lowest BCUT2D eigenvalue weighted by Gasteiger charge is -2.14. The molecule has 0 aliphatic heterocycles. The summed E-state index contributed by atoms with van der Waals surface area (Å²) in [6, 6.07) is 0.745. The lowest BCUT2D eigenvalue weighted by atomic mass is 10.2. The molecule has 0 rings (SSSR count). The summed E-state index contributed by atoms with van der Waals surface area (Å²) in [6.07, 6.45) is 10.2. The Labute approximate surface area is 114 Å². The molecule has 0 aliphatic carbocycles. The van der Waals surface area contributed by atoms with Crippen LogP contribution in [0, 0.1) is 0 Å². The number of rotatable bonds is 11. The van der Waals surface area contributed by atoms with Gasteiger partial charge in [-0.25, -0.2) is 0 Å². The SMILES string of the molecule is CC/C=C/CCCCCOCC(=O)C[Si](C)(C)C. The third kappa shape index (κ3) is 13.7. The zero-order valence-corrected chi connectivity index (χ0v) is 13.6. The van der Waals surface area contributed by atoms with Crippen molar-refractivity contribution < 1.29 is 9.53 Å². The van der Waals surface area contributed by atoms with E-state index in [-0.39, 0.29) is 5.78 Å². The molecule has 106 valence electrons. The number of allylic oxidation sites excluding steroid dienone is 2. The topological polar surface area (TPSA) is 26.3 Å². The van der Waals surface area contributed by atoms with Crippen LogP contribution in [0.3, 0.4) is 0 Å². The maximum absolute atomic E-state index is 11.6. The molecule has 0 unspecified atom stereocenters. The van der Waals surface area contributed by atoms with E-state index in [1.54, 1.807) is 0 Å². The van der Waals surface area contributed by atoms with E-state index in [1.165, 1.54) is 19.3 Å². The number of carbonyl (C=O) groups excluding carboxylic acids is 1. The van der Waals surface area contributed by atoms with Gasteiger partial charge in [-0.3, -0.25) is 4.79 Å². The number of hydrogen-bond donors (Lipinski definition) is 0. The molecular formula is C15H30O2Si. The average molecular weight is 270 g/mol. The molecule has 0 saturated carbocycles. The molecule has 0 saturated heterocycles. The summed E-state index contributed by atoms with van der Waals surface area (Å²) >= 11 is 0. The Morgan fingerprint density at radius 3 is 2.44 bits per heavy atom. The first-order chi connectivity index (χ1) is 8.45. The summed E-state index contributed by atoms with van der Waals surface area (Å²) < 4.78 is 5.42. The van der Waals surface area contributed by atoms with Gasteiger partial charge in [0.2, 0.25) is 0 Å². The second kappa shape index (κ2) is 10.5. The van der Waals surface area contributed by atoms with Crippen molar-refractivity contribution in [2.75, 3.05) is 13.2 Å². The standard InChI is InChI=1S/C15H30O2Si/c1-5-6-7-8-9-10-11-12-17-13-15(16)14-18(2,3)4/h6-7H,5,8-14H2,1-4H3/b7-6+. The minimum Gasteiger partial charge on any atom is -0.374 e. The Hall–Kier alpha value is -0.413. The molecule has 0 heterocycles. The summed E-state index contributed by atoms with van der Waals surface area (Å²) in [5.41, 5.74) is 0. The van der Waals surface area contributed by atoms with Crippen LogP contribution in [0.2, 0.25) is 25.7 Å². The molecule has 0 radical (unpaired) electrons. The van der Waals surface area contributed by atoms with Gasteiger partial charge < -0.3 is 4.74 Å². The van der Waals surface area contributed by atoms with Gasteiger partial charge in [0, 0.05) is 12.7 Å². The van der Waals surface area contributed by atoms with Crippen LogP contribution in [-0.4, -0.2) is 27.1 Å². The monoisotopic (exact) mass is 270 g/mol. The quantitative estimate of drug-likeness (QED) is 0.315. The van der Waals surface area contributed by atoms with Crippen molar-refractivity contribution in [2.24, 2.45) is 0 Å². The number of carbonyl (C=O) groups is 1. The smallest absolute Gasteiger partial charge is 0.155 e. The zero-order chi connectivity index (χ0) is 13.9. The first kappa shape index (κ1) is 17.6. The molecule has 2 nitrogen and oxygen atoms in total. The second-order valence-corrected chi connectivity index (χ2v) is 11.5. The van der Waals surface area contributed by atoms with E-state index in [9.17, 15) is 4.79 Å². The summed E-state index contributed by atoms with van der Waals surface area (Å²) in [7, 11) is -1.25. The fourth-order valence-electron chi connectivity index (χ4n) is 1.76. The van der Waals surface area contributed by atoms with Crippen LogP contribution in [0.15, 0.2) is 12.2 Å². The van der Waals surface area contributed by atoms with Gasteiger partial charge in [0.05, 0.1) is 8.07 Å². The highest BCUT2D eigenvalue weighted by Crippen LogP contribution is 2.08. The van der Waals surface area contributed by atoms with E-state index in [2.05, 4.69) is 38.7 Å². The van der Waals surface area contributed by atoms with Gasteiger partial charge in [-0.2, -0.15) is 0 Å². The van der Waals surface area contributed by atoms with E-state index < -0.39 is 8.07 Å². The number of ether oxygens (including phenoxy) is 1. The van der Waals surface area contributed by atoms with Crippen LogP contribution in [0.5, 0.6) is 0 Å². The summed E-state index contributed by atoms with van der Waals surface area (Å²) in [5, 5.41) is 0. The van der Waals surface area contributed by atoms with Crippen molar-refractivity contribution in [3.63, 3.8) is 0 Å². The Bertz CT molecular complexity index is 241. The van der Waals surface area contributed by atoms with Crippen molar-refractivity contribution >= 4 is 13.9 Å². The lowest BCUT2D eigenvalue weighted by molar-refractivity contribution is -0.121. The molecule has 0 amide bonds. The van der Waals surface area contributed by atoms with Crippen LogP contribution < -0.4 is 0 Å². The molecule has 0 N–H and O–H groups in total. The molecule has 0 bridgehead atoms. The van der Waals surface area contributed by atoms with Crippen LogP contribution in [0.25, 0.3) is 0 Å². The Morgan fingerprint density at radius 1 is 1.11 bits per heavy atom. The fraction of sp³-hybridized carbons (Fsp3) is 0.800. The third-order valence-electron chi connectivity index (χ3n) is 2.55. The highest BCUT2D eigenvalue weighted by Gasteiger charge is 2.17. The van der Waals surface area contributed by atoms with Gasteiger partial charge in [0.25, 0.3) is 0 Å². The van der Waals surface area contributed by atoms with Crippen LogP contribution in [0.4, 0.5) is 0 Å². The molecular weight excluding hydrogens is 240 g/mol. The predicted molar refractivity (Wildman–Crippen MR) is 81.9 cm³/mol. The number of ketones is 1. The number of hydrogen-bond acceptors (Lipinski definition) is 2. The summed E-state index contributed by atoms with van der Waals surface area (Å²) in [6.45, 7) is 9.86. The van der Waals surface area contributed by atoms with Crippen LogP contribution >= 0.6 is 0 Å². The molecule has 18 heavy (non-hydrogen) atoms. The maximum atomic E-state index is 11.6. The first-order valence-corrected chi connectivity index (χ1v) is 10.9. The van der Waals surface area contributed by atoms with Crippen molar-refractivity contribution in [1.29, 1.82) is 0 Å². The Morgan fingerprint density at radius 2 is 1.83 bits per heavy atom. The molecule has 0 atom stereocenters. The number of Topliss-reactive ketones (excluding diaryl/α,β-unsaturated/α-hetero) is 1. The highest BCUT2D eigenvalue weighted by atomic mass is 28.3. The first-order valence-electron chi connectivity index (χ1n) is 7.20. The average Bonchev–Trinajstić information content (AvgIpc) is 2.24. The minimum absolute atomic E-state index is 0.278. The molecule has 3 heteroatoms. The predicted octanol–water partition coefficient (Wildman–Crippen LogP) is 4.44. The van der Waals surface area contributed by atoms with Crippen molar-refractivity contribution in [2.45, 2.75) is 64.7 Å². The summed E-state index contributed by atoms with van der Waals surface area (Å²) in [4.78, 5) is 11.6. The molecule has 0 aromatic rings. The minimum atomic E-state index is -1.25. The van der Waals surface area contributed by atoms with E-state index >= 15 is 0 Å². The molecule has 0 fully saturated rings. The van der Waals surface area contributed by atoms with E-state index in [0.717, 1.165) is 25.5 Å². The molecule has 0 aromatic heterocycles. The normalized spacial score (nSPS) is 12.2.